The summed E-state index contributed by atoms with van der Waals surface area (Å²) >= 11 is 0. The lowest BCUT2D eigenvalue weighted by Gasteiger charge is -2.00. The van der Waals surface area contributed by atoms with Crippen LogP contribution in [0.2, 0.25) is 0 Å². The van der Waals surface area contributed by atoms with Crippen molar-refractivity contribution in [2.45, 2.75) is 0 Å². The predicted octanol–water partition coefficient (Wildman–Crippen LogP) is 2.07. The number of nitrogens with zero attached hydrogens (tertiary/aromatic N) is 6. The van der Waals surface area contributed by atoms with Gasteiger partial charge in [-0.1, -0.05) is 12.1 Å². The fourth-order valence-electron chi connectivity index (χ4n) is 2.72. The number of rotatable bonds is 3. The van der Waals surface area contributed by atoms with Gasteiger partial charge in [-0.25, -0.2) is 14.5 Å². The molecule has 0 atom stereocenters. The Kier molecular flexibility index (Phi) is 2.80. The van der Waals surface area contributed by atoms with E-state index in [0.29, 0.717) is 17.1 Å². The fourth-order valence-corrected chi connectivity index (χ4v) is 2.72. The van der Waals surface area contributed by atoms with Gasteiger partial charge >= 0.3 is 0 Å². The number of H-pyrrole nitrogens is 2. The molecule has 9 nitrogen and oxygen atoms in total. The topological polar surface area (TPSA) is 110 Å². The van der Waals surface area contributed by atoms with Gasteiger partial charge < -0.3 is 4.74 Å². The van der Waals surface area contributed by atoms with Crippen molar-refractivity contribution in [1.29, 1.82) is 0 Å². The number of aromatic amines is 2. The van der Waals surface area contributed by atoms with Crippen molar-refractivity contribution in [3.8, 4) is 28.5 Å². The molecule has 0 amide bonds. The second kappa shape index (κ2) is 5.13. The summed E-state index contributed by atoms with van der Waals surface area (Å²) in [6.07, 6.45) is 3.29. The monoisotopic (exact) mass is 332 g/mol. The molecule has 4 aromatic heterocycles. The molecule has 9 heteroatoms. The maximum absolute atomic E-state index is 5.26. The van der Waals surface area contributed by atoms with Crippen molar-refractivity contribution in [3.63, 3.8) is 0 Å². The van der Waals surface area contributed by atoms with Crippen LogP contribution < -0.4 is 4.74 Å². The summed E-state index contributed by atoms with van der Waals surface area (Å²) in [5.41, 5.74) is 3.82. The minimum Gasteiger partial charge on any atom is -0.497 e. The number of ether oxygens (including phenoxy) is 1. The Labute approximate surface area is 140 Å². The van der Waals surface area contributed by atoms with E-state index in [1.54, 1.807) is 24.1 Å². The number of nitrogens with one attached hydrogen (secondary N) is 2. The van der Waals surface area contributed by atoms with Crippen molar-refractivity contribution in [2.75, 3.05) is 7.11 Å². The molecule has 5 aromatic rings. The van der Waals surface area contributed by atoms with Crippen LogP contribution in [0.3, 0.4) is 0 Å². The Balaban J connectivity index is 1.59. The normalized spacial score (nSPS) is 11.4. The third kappa shape index (κ3) is 2.13. The quantitative estimate of drug-likeness (QED) is 0.523. The van der Waals surface area contributed by atoms with Crippen LogP contribution in [-0.2, 0) is 0 Å². The van der Waals surface area contributed by atoms with E-state index in [2.05, 4.69) is 35.5 Å². The van der Waals surface area contributed by atoms with Crippen LogP contribution in [0.25, 0.3) is 39.5 Å². The van der Waals surface area contributed by atoms with Gasteiger partial charge in [-0.15, -0.1) is 5.10 Å². The molecule has 4 heterocycles. The van der Waals surface area contributed by atoms with Crippen LogP contribution >= 0.6 is 0 Å². The molecule has 5 rings (SSSR count). The summed E-state index contributed by atoms with van der Waals surface area (Å²) in [5.74, 6) is 1.32. The van der Waals surface area contributed by atoms with Crippen LogP contribution in [0.5, 0.6) is 5.75 Å². The van der Waals surface area contributed by atoms with Crippen molar-refractivity contribution < 1.29 is 4.74 Å². The number of hydrogen-bond donors (Lipinski definition) is 2. The molecule has 0 spiro atoms. The van der Waals surface area contributed by atoms with Crippen LogP contribution in [0.1, 0.15) is 0 Å². The first-order valence-corrected chi connectivity index (χ1v) is 7.56. The van der Waals surface area contributed by atoms with E-state index in [1.165, 1.54) is 0 Å². The second-order valence-electron chi connectivity index (χ2n) is 5.48. The first-order valence-electron chi connectivity index (χ1n) is 7.56. The average molecular weight is 332 g/mol. The Morgan fingerprint density at radius 3 is 3.04 bits per heavy atom. The molecule has 0 aliphatic rings. The molecule has 0 unspecified atom stereocenters. The zero-order chi connectivity index (χ0) is 16.8. The van der Waals surface area contributed by atoms with E-state index in [0.717, 1.165) is 28.1 Å². The summed E-state index contributed by atoms with van der Waals surface area (Å²) in [7, 11) is 1.64. The Morgan fingerprint density at radius 1 is 1.16 bits per heavy atom. The molecule has 0 fully saturated rings. The zero-order valence-corrected chi connectivity index (χ0v) is 13.1. The molecule has 25 heavy (non-hydrogen) atoms. The fraction of sp³-hybridized carbons (Fsp3) is 0.0625. The van der Waals surface area contributed by atoms with Crippen LogP contribution in [0.4, 0.5) is 0 Å². The number of hydrogen-bond acceptors (Lipinski definition) is 6. The minimum absolute atomic E-state index is 0.539. The van der Waals surface area contributed by atoms with Crippen molar-refractivity contribution in [3.05, 3.63) is 42.9 Å². The minimum atomic E-state index is 0.539. The Morgan fingerprint density at radius 2 is 2.12 bits per heavy atom. The third-order valence-electron chi connectivity index (χ3n) is 3.97. The highest BCUT2D eigenvalue weighted by atomic mass is 16.5. The number of methoxy groups -OCH3 is 1. The summed E-state index contributed by atoms with van der Waals surface area (Å²) in [6, 6.07) is 9.62. The van der Waals surface area contributed by atoms with Gasteiger partial charge in [0.1, 0.15) is 17.8 Å². The van der Waals surface area contributed by atoms with E-state index in [-0.39, 0.29) is 0 Å². The Bertz CT molecular complexity index is 1200. The van der Waals surface area contributed by atoms with Crippen molar-refractivity contribution in [2.24, 2.45) is 0 Å². The van der Waals surface area contributed by atoms with Gasteiger partial charge in [0.15, 0.2) is 17.1 Å². The molecule has 122 valence electrons. The number of aromatic nitrogens is 8. The summed E-state index contributed by atoms with van der Waals surface area (Å²) in [6.45, 7) is 0. The largest absolute Gasteiger partial charge is 0.497 e. The van der Waals surface area contributed by atoms with Gasteiger partial charge in [-0.05, 0) is 18.2 Å². The van der Waals surface area contributed by atoms with E-state index in [4.69, 9.17) is 4.74 Å². The van der Waals surface area contributed by atoms with Crippen LogP contribution in [0, 0.1) is 0 Å². The molecular formula is C16H12N8O. The summed E-state index contributed by atoms with van der Waals surface area (Å²) < 4.78 is 6.88. The van der Waals surface area contributed by atoms with E-state index in [9.17, 15) is 0 Å². The smallest absolute Gasteiger partial charge is 0.200 e. The average Bonchev–Trinajstić information content (AvgIpc) is 3.38. The maximum atomic E-state index is 5.26. The molecule has 0 bridgehead atoms. The first-order chi connectivity index (χ1) is 12.3. The molecule has 2 N–H and O–H groups in total. The highest BCUT2D eigenvalue weighted by molar-refractivity contribution is 5.88. The van der Waals surface area contributed by atoms with Gasteiger partial charge in [0.2, 0.25) is 0 Å². The van der Waals surface area contributed by atoms with Crippen molar-refractivity contribution >= 4 is 16.7 Å². The van der Waals surface area contributed by atoms with Crippen LogP contribution in [-0.4, -0.2) is 47.1 Å². The maximum Gasteiger partial charge on any atom is 0.200 e. The molecule has 0 radical (unpaired) electrons. The lowest BCUT2D eigenvalue weighted by Crippen LogP contribution is -1.89. The molecule has 0 aliphatic carbocycles. The number of benzene rings is 1. The lowest BCUT2D eigenvalue weighted by molar-refractivity contribution is 0.415. The molecule has 1 aromatic carbocycles. The molecule has 0 aliphatic heterocycles. The first kappa shape index (κ1) is 13.7. The predicted molar refractivity (Wildman–Crippen MR) is 90.0 cm³/mol. The highest BCUT2D eigenvalue weighted by Gasteiger charge is 2.14. The van der Waals surface area contributed by atoms with Gasteiger partial charge in [0.05, 0.1) is 24.4 Å². The SMILES string of the molecule is COc1cccc(-c2cc(-c3nc4c5cn[nH]c5ncn4n3)[nH]n2)c1. The molecule has 0 saturated heterocycles. The van der Waals surface area contributed by atoms with Gasteiger partial charge in [-0.3, -0.25) is 10.2 Å². The van der Waals surface area contributed by atoms with E-state index >= 15 is 0 Å². The molecular weight excluding hydrogens is 320 g/mol. The van der Waals surface area contributed by atoms with Crippen molar-refractivity contribution in [1.82, 2.24) is 40.0 Å². The van der Waals surface area contributed by atoms with E-state index in [1.807, 2.05) is 30.3 Å². The van der Waals surface area contributed by atoms with Gasteiger partial charge in [0, 0.05) is 5.56 Å². The molecule has 0 saturated carbocycles. The standard InChI is InChI=1S/C16H12N8O/c1-25-10-4-2-3-9(5-10)12-6-13(21-20-12)15-19-16-11-7-18-22-14(11)17-8-24(16)23-15/h2-8H,1H3,(H,18,22)(H,20,21). The van der Waals surface area contributed by atoms with Gasteiger partial charge in [-0.2, -0.15) is 10.2 Å². The van der Waals surface area contributed by atoms with Crippen LogP contribution in [0.15, 0.2) is 42.9 Å². The Hall–Kier alpha value is -3.75. The lowest BCUT2D eigenvalue weighted by atomic mass is 10.1. The summed E-state index contributed by atoms with van der Waals surface area (Å²) in [5, 5.41) is 19.4. The second-order valence-corrected chi connectivity index (χ2v) is 5.48. The number of fused-ring (bicyclic) bond motifs is 3. The zero-order valence-electron chi connectivity index (χ0n) is 13.1. The summed E-state index contributed by atoms with van der Waals surface area (Å²) in [4.78, 5) is 8.83. The highest BCUT2D eigenvalue weighted by Crippen LogP contribution is 2.25. The third-order valence-corrected chi connectivity index (χ3v) is 3.97. The van der Waals surface area contributed by atoms with Gasteiger partial charge in [0.25, 0.3) is 0 Å². The van der Waals surface area contributed by atoms with E-state index < -0.39 is 0 Å².